The first-order valence-electron chi connectivity index (χ1n) is 8.25. The zero-order valence-electron chi connectivity index (χ0n) is 13.9. The first kappa shape index (κ1) is 16.2. The molecule has 1 atom stereocenters. The smallest absolute Gasteiger partial charge is 0.244 e. The molecule has 1 amide bonds. The number of hydrogen-bond acceptors (Lipinski definition) is 3. The molecule has 0 unspecified atom stereocenters. The van der Waals surface area contributed by atoms with Crippen molar-refractivity contribution in [2.24, 2.45) is 0 Å². The largest absolute Gasteiger partial charge is 0.311 e. The highest BCUT2D eigenvalue weighted by Crippen LogP contribution is 2.24. The third kappa shape index (κ3) is 3.32. The molecule has 4 nitrogen and oxygen atoms in total. The number of carbonyl (C=O) groups excluding carboxylic acids is 1. The van der Waals surface area contributed by atoms with E-state index in [1.54, 1.807) is 0 Å². The molecule has 0 saturated carbocycles. The number of amides is 1. The molecule has 0 aromatic heterocycles. The lowest BCUT2D eigenvalue weighted by atomic mass is 10.0. The summed E-state index contributed by atoms with van der Waals surface area (Å²) in [6, 6.07) is 19.5. The second kappa shape index (κ2) is 7.29. The summed E-state index contributed by atoms with van der Waals surface area (Å²) in [6.07, 6.45) is 1.84. The van der Waals surface area contributed by atoms with Crippen LogP contribution in [0.15, 0.2) is 54.6 Å². The highest BCUT2D eigenvalue weighted by Gasteiger charge is 2.32. The monoisotopic (exact) mass is 319 g/mol. The molecule has 0 radical (unpaired) electrons. The first-order chi connectivity index (χ1) is 11.7. The van der Waals surface area contributed by atoms with Crippen LogP contribution >= 0.6 is 0 Å². The van der Waals surface area contributed by atoms with Crippen LogP contribution in [-0.4, -0.2) is 30.4 Å². The number of carbonyl (C=O) groups is 1. The fourth-order valence-electron chi connectivity index (χ4n) is 3.28. The van der Waals surface area contributed by atoms with Gasteiger partial charge in [0, 0.05) is 18.8 Å². The van der Waals surface area contributed by atoms with Crippen LogP contribution in [0.3, 0.4) is 0 Å². The number of para-hydroxylation sites is 1. The standard InChI is InChI=1S/C20H21N3O/c1-22(15-17-9-6-5-8-16(17)14-21)19-12-7-13-23(20(19)24)18-10-3-2-4-11-18/h2-6,8-11,19H,7,12-13,15H2,1H3/t19-/m0/s1. The molecule has 0 N–H and O–H groups in total. The summed E-state index contributed by atoms with van der Waals surface area (Å²) in [6.45, 7) is 1.37. The lowest BCUT2D eigenvalue weighted by molar-refractivity contribution is -0.125. The van der Waals surface area contributed by atoms with Crippen molar-refractivity contribution < 1.29 is 4.79 Å². The van der Waals surface area contributed by atoms with Crippen molar-refractivity contribution in [3.63, 3.8) is 0 Å². The van der Waals surface area contributed by atoms with Gasteiger partial charge < -0.3 is 4.90 Å². The topological polar surface area (TPSA) is 47.3 Å². The highest BCUT2D eigenvalue weighted by molar-refractivity contribution is 5.97. The summed E-state index contributed by atoms with van der Waals surface area (Å²) in [5.41, 5.74) is 2.60. The Morgan fingerprint density at radius 1 is 1.17 bits per heavy atom. The molecular weight excluding hydrogens is 298 g/mol. The van der Waals surface area contributed by atoms with E-state index >= 15 is 0 Å². The Morgan fingerprint density at radius 3 is 2.62 bits per heavy atom. The number of anilines is 1. The van der Waals surface area contributed by atoms with Gasteiger partial charge in [0.1, 0.15) is 0 Å². The molecule has 0 aliphatic carbocycles. The maximum atomic E-state index is 12.9. The summed E-state index contributed by atoms with van der Waals surface area (Å²) < 4.78 is 0. The molecular formula is C20H21N3O. The van der Waals surface area contributed by atoms with Crippen molar-refractivity contribution in [1.29, 1.82) is 5.26 Å². The van der Waals surface area contributed by atoms with Gasteiger partial charge in [-0.05, 0) is 43.7 Å². The van der Waals surface area contributed by atoms with E-state index in [4.69, 9.17) is 0 Å². The van der Waals surface area contributed by atoms with E-state index in [9.17, 15) is 10.1 Å². The van der Waals surface area contributed by atoms with Gasteiger partial charge in [-0.2, -0.15) is 5.26 Å². The Hall–Kier alpha value is -2.64. The van der Waals surface area contributed by atoms with Crippen molar-refractivity contribution in [3.8, 4) is 6.07 Å². The van der Waals surface area contributed by atoms with E-state index in [1.165, 1.54) is 0 Å². The Morgan fingerprint density at radius 2 is 1.88 bits per heavy atom. The first-order valence-corrected chi connectivity index (χ1v) is 8.25. The van der Waals surface area contributed by atoms with Gasteiger partial charge in [-0.15, -0.1) is 0 Å². The number of benzene rings is 2. The number of nitrogens with zero attached hydrogens (tertiary/aromatic N) is 3. The molecule has 4 heteroatoms. The van der Waals surface area contributed by atoms with Gasteiger partial charge in [-0.3, -0.25) is 9.69 Å². The number of piperidine rings is 1. The minimum atomic E-state index is -0.147. The minimum absolute atomic E-state index is 0.143. The Kier molecular flexibility index (Phi) is 4.93. The third-order valence-corrected chi connectivity index (χ3v) is 4.57. The van der Waals surface area contributed by atoms with Gasteiger partial charge in [-0.25, -0.2) is 0 Å². The van der Waals surface area contributed by atoms with Crippen LogP contribution in [0.1, 0.15) is 24.0 Å². The predicted molar refractivity (Wildman–Crippen MR) is 94.4 cm³/mol. The van der Waals surface area contributed by atoms with Gasteiger partial charge in [0.05, 0.1) is 17.7 Å². The average Bonchev–Trinajstić information content (AvgIpc) is 2.63. The van der Waals surface area contributed by atoms with E-state index in [2.05, 4.69) is 11.0 Å². The Bertz CT molecular complexity index is 751. The predicted octanol–water partition coefficient (Wildman–Crippen LogP) is 3.19. The van der Waals surface area contributed by atoms with Crippen LogP contribution in [0.25, 0.3) is 0 Å². The Labute approximate surface area is 142 Å². The fraction of sp³-hybridized carbons (Fsp3) is 0.300. The highest BCUT2D eigenvalue weighted by atomic mass is 16.2. The molecule has 2 aromatic carbocycles. The van der Waals surface area contributed by atoms with Crippen molar-refractivity contribution in [2.45, 2.75) is 25.4 Å². The zero-order valence-corrected chi connectivity index (χ0v) is 13.9. The molecule has 1 aliphatic rings. The molecule has 3 rings (SSSR count). The second-order valence-electron chi connectivity index (χ2n) is 6.17. The van der Waals surface area contributed by atoms with E-state index in [1.807, 2.05) is 66.5 Å². The summed E-state index contributed by atoms with van der Waals surface area (Å²) in [5, 5.41) is 9.24. The molecule has 0 bridgehead atoms. The average molecular weight is 319 g/mol. The summed E-state index contributed by atoms with van der Waals surface area (Å²) in [4.78, 5) is 16.9. The van der Waals surface area contributed by atoms with E-state index in [0.29, 0.717) is 12.1 Å². The number of hydrogen-bond donors (Lipinski definition) is 0. The van der Waals surface area contributed by atoms with Crippen molar-refractivity contribution in [2.75, 3.05) is 18.5 Å². The summed E-state index contributed by atoms with van der Waals surface area (Å²) >= 11 is 0. The third-order valence-electron chi connectivity index (χ3n) is 4.57. The molecule has 24 heavy (non-hydrogen) atoms. The van der Waals surface area contributed by atoms with Gasteiger partial charge >= 0.3 is 0 Å². The minimum Gasteiger partial charge on any atom is -0.311 e. The van der Waals surface area contributed by atoms with E-state index in [0.717, 1.165) is 30.6 Å². The van der Waals surface area contributed by atoms with Crippen LogP contribution in [0.4, 0.5) is 5.69 Å². The van der Waals surface area contributed by atoms with Crippen molar-refractivity contribution in [1.82, 2.24) is 4.90 Å². The summed E-state index contributed by atoms with van der Waals surface area (Å²) in [7, 11) is 1.96. The second-order valence-corrected chi connectivity index (χ2v) is 6.17. The van der Waals surface area contributed by atoms with Crippen LogP contribution in [0.5, 0.6) is 0 Å². The quantitative estimate of drug-likeness (QED) is 0.869. The van der Waals surface area contributed by atoms with E-state index in [-0.39, 0.29) is 11.9 Å². The number of rotatable bonds is 4. The molecule has 0 spiro atoms. The Balaban J connectivity index is 1.76. The van der Waals surface area contributed by atoms with Crippen LogP contribution in [-0.2, 0) is 11.3 Å². The molecule has 1 heterocycles. The van der Waals surface area contributed by atoms with Crippen molar-refractivity contribution >= 4 is 11.6 Å². The van der Waals surface area contributed by atoms with Crippen LogP contribution in [0.2, 0.25) is 0 Å². The normalized spacial score (nSPS) is 17.8. The van der Waals surface area contributed by atoms with E-state index < -0.39 is 0 Å². The molecule has 122 valence electrons. The molecule has 1 fully saturated rings. The zero-order chi connectivity index (χ0) is 16.9. The fourth-order valence-corrected chi connectivity index (χ4v) is 3.28. The number of nitriles is 1. The lowest BCUT2D eigenvalue weighted by Gasteiger charge is -2.37. The van der Waals surface area contributed by atoms with Crippen LogP contribution in [0, 0.1) is 11.3 Å². The van der Waals surface area contributed by atoms with Crippen LogP contribution < -0.4 is 4.90 Å². The summed E-state index contributed by atoms with van der Waals surface area (Å²) in [5.74, 6) is 0.143. The van der Waals surface area contributed by atoms with Gasteiger partial charge in [0.15, 0.2) is 0 Å². The van der Waals surface area contributed by atoms with Gasteiger partial charge in [0.2, 0.25) is 5.91 Å². The SMILES string of the molecule is CN(Cc1ccccc1C#N)[C@H]1CCCN(c2ccccc2)C1=O. The molecule has 1 aliphatic heterocycles. The lowest BCUT2D eigenvalue weighted by Crippen LogP contribution is -2.51. The molecule has 2 aromatic rings. The molecule has 1 saturated heterocycles. The number of likely N-dealkylation sites (N-methyl/N-ethyl adjacent to an activating group) is 1. The van der Waals surface area contributed by atoms with Gasteiger partial charge in [0.25, 0.3) is 0 Å². The maximum absolute atomic E-state index is 12.9. The maximum Gasteiger partial charge on any atom is 0.244 e. The van der Waals surface area contributed by atoms with Gasteiger partial charge in [-0.1, -0.05) is 36.4 Å². The van der Waals surface area contributed by atoms with Crippen molar-refractivity contribution in [3.05, 3.63) is 65.7 Å².